The molecule has 2 aromatic heterocycles. The zero-order valence-electron chi connectivity index (χ0n) is 11.8. The van der Waals surface area contributed by atoms with Gasteiger partial charge in [0.2, 0.25) is 5.95 Å². The number of halogens is 1. The van der Waals surface area contributed by atoms with E-state index in [0.717, 1.165) is 22.2 Å². The SMILES string of the molecule is Clc1ccc(CNc2nccc(NCc3ccco3)n2)cc1. The maximum atomic E-state index is 5.87. The Morgan fingerprint density at radius 2 is 1.86 bits per heavy atom. The minimum atomic E-state index is 0.569. The first-order chi connectivity index (χ1) is 10.8. The van der Waals surface area contributed by atoms with Crippen LogP contribution in [0.4, 0.5) is 11.8 Å². The molecular formula is C16H15ClN4O. The molecule has 6 heteroatoms. The molecule has 1 aromatic carbocycles. The van der Waals surface area contributed by atoms with Crippen molar-refractivity contribution in [3.05, 3.63) is 71.3 Å². The van der Waals surface area contributed by atoms with E-state index in [1.807, 2.05) is 42.5 Å². The Balaban J connectivity index is 1.57. The molecule has 2 heterocycles. The Kier molecular flexibility index (Phi) is 4.56. The molecule has 0 unspecified atom stereocenters. The minimum absolute atomic E-state index is 0.569. The monoisotopic (exact) mass is 314 g/mol. The quantitative estimate of drug-likeness (QED) is 0.721. The van der Waals surface area contributed by atoms with Crippen molar-refractivity contribution in [3.63, 3.8) is 0 Å². The summed E-state index contributed by atoms with van der Waals surface area (Å²) in [6.07, 6.45) is 3.36. The Morgan fingerprint density at radius 1 is 1.00 bits per heavy atom. The van der Waals surface area contributed by atoms with Crippen molar-refractivity contribution >= 4 is 23.4 Å². The van der Waals surface area contributed by atoms with Crippen molar-refractivity contribution in [2.45, 2.75) is 13.1 Å². The summed E-state index contributed by atoms with van der Waals surface area (Å²) in [7, 11) is 0. The van der Waals surface area contributed by atoms with Gasteiger partial charge in [-0.15, -0.1) is 0 Å². The van der Waals surface area contributed by atoms with Gasteiger partial charge in [-0.2, -0.15) is 4.98 Å². The van der Waals surface area contributed by atoms with Crippen LogP contribution in [0.2, 0.25) is 5.02 Å². The third kappa shape index (κ3) is 3.99. The Hall–Kier alpha value is -2.53. The van der Waals surface area contributed by atoms with E-state index in [2.05, 4.69) is 20.6 Å². The Bertz CT molecular complexity index is 713. The van der Waals surface area contributed by atoms with Gasteiger partial charge < -0.3 is 15.1 Å². The number of anilines is 2. The fourth-order valence-electron chi connectivity index (χ4n) is 1.92. The largest absolute Gasteiger partial charge is 0.467 e. The van der Waals surface area contributed by atoms with E-state index in [9.17, 15) is 0 Å². The molecule has 0 aliphatic rings. The summed E-state index contributed by atoms with van der Waals surface area (Å²) in [6.45, 7) is 1.22. The van der Waals surface area contributed by atoms with Gasteiger partial charge in [0.25, 0.3) is 0 Å². The lowest BCUT2D eigenvalue weighted by molar-refractivity contribution is 0.518. The summed E-state index contributed by atoms with van der Waals surface area (Å²) in [5.74, 6) is 2.17. The number of benzene rings is 1. The van der Waals surface area contributed by atoms with Gasteiger partial charge in [0, 0.05) is 17.8 Å². The van der Waals surface area contributed by atoms with E-state index in [0.29, 0.717) is 19.0 Å². The van der Waals surface area contributed by atoms with Gasteiger partial charge in [0.15, 0.2) is 0 Å². The zero-order chi connectivity index (χ0) is 15.2. The van der Waals surface area contributed by atoms with Gasteiger partial charge in [-0.05, 0) is 35.9 Å². The molecule has 0 amide bonds. The van der Waals surface area contributed by atoms with Crippen LogP contribution in [-0.4, -0.2) is 9.97 Å². The van der Waals surface area contributed by atoms with Crippen LogP contribution in [0.5, 0.6) is 0 Å². The number of rotatable bonds is 6. The first-order valence-electron chi connectivity index (χ1n) is 6.87. The van der Waals surface area contributed by atoms with Crippen molar-refractivity contribution in [1.82, 2.24) is 9.97 Å². The van der Waals surface area contributed by atoms with E-state index in [1.165, 1.54) is 0 Å². The molecule has 22 heavy (non-hydrogen) atoms. The van der Waals surface area contributed by atoms with E-state index < -0.39 is 0 Å². The predicted octanol–water partition coefficient (Wildman–Crippen LogP) is 3.95. The van der Waals surface area contributed by atoms with Crippen molar-refractivity contribution in [2.75, 3.05) is 10.6 Å². The average molecular weight is 315 g/mol. The lowest BCUT2D eigenvalue weighted by atomic mass is 10.2. The van der Waals surface area contributed by atoms with Crippen molar-refractivity contribution in [1.29, 1.82) is 0 Å². The number of hydrogen-bond acceptors (Lipinski definition) is 5. The fraction of sp³-hybridized carbons (Fsp3) is 0.125. The highest BCUT2D eigenvalue weighted by Crippen LogP contribution is 2.12. The number of furan rings is 1. The zero-order valence-corrected chi connectivity index (χ0v) is 12.5. The van der Waals surface area contributed by atoms with Crippen molar-refractivity contribution < 1.29 is 4.42 Å². The lowest BCUT2D eigenvalue weighted by Gasteiger charge is -2.07. The minimum Gasteiger partial charge on any atom is -0.467 e. The van der Waals surface area contributed by atoms with Gasteiger partial charge in [0.05, 0.1) is 12.8 Å². The van der Waals surface area contributed by atoms with Crippen LogP contribution in [0.3, 0.4) is 0 Å². The Labute approximate surface area is 133 Å². The van der Waals surface area contributed by atoms with Gasteiger partial charge in [-0.25, -0.2) is 4.98 Å². The standard InChI is InChI=1S/C16H15ClN4O/c17-13-5-3-12(4-6-13)10-20-16-18-8-7-15(21-16)19-11-14-2-1-9-22-14/h1-9H,10-11H2,(H2,18,19,20,21). The molecule has 2 N–H and O–H groups in total. The molecular weight excluding hydrogens is 300 g/mol. The summed E-state index contributed by atoms with van der Waals surface area (Å²) >= 11 is 5.87. The summed E-state index contributed by atoms with van der Waals surface area (Å²) in [6, 6.07) is 13.2. The summed E-state index contributed by atoms with van der Waals surface area (Å²) in [5, 5.41) is 7.10. The highest BCUT2D eigenvalue weighted by atomic mass is 35.5. The first kappa shape index (κ1) is 14.4. The third-order valence-corrected chi connectivity index (χ3v) is 3.30. The van der Waals surface area contributed by atoms with Crippen LogP contribution in [-0.2, 0) is 13.1 Å². The van der Waals surface area contributed by atoms with Crippen LogP contribution in [0.1, 0.15) is 11.3 Å². The highest BCUT2D eigenvalue weighted by Gasteiger charge is 2.01. The molecule has 0 aliphatic carbocycles. The molecule has 0 aliphatic heterocycles. The van der Waals surface area contributed by atoms with Crippen LogP contribution in [0, 0.1) is 0 Å². The maximum absolute atomic E-state index is 5.87. The molecule has 0 atom stereocenters. The normalized spacial score (nSPS) is 10.4. The average Bonchev–Trinajstić information content (AvgIpc) is 3.06. The summed E-state index contributed by atoms with van der Waals surface area (Å²) in [5.41, 5.74) is 1.11. The molecule has 3 rings (SSSR count). The van der Waals surface area contributed by atoms with Gasteiger partial charge in [0.1, 0.15) is 11.6 Å². The lowest BCUT2D eigenvalue weighted by Crippen LogP contribution is -2.06. The Morgan fingerprint density at radius 3 is 2.64 bits per heavy atom. The highest BCUT2D eigenvalue weighted by molar-refractivity contribution is 6.30. The number of hydrogen-bond donors (Lipinski definition) is 2. The van der Waals surface area contributed by atoms with Crippen LogP contribution in [0.25, 0.3) is 0 Å². The smallest absolute Gasteiger partial charge is 0.224 e. The molecule has 112 valence electrons. The van der Waals surface area contributed by atoms with E-state index in [-0.39, 0.29) is 0 Å². The van der Waals surface area contributed by atoms with Gasteiger partial charge >= 0.3 is 0 Å². The van der Waals surface area contributed by atoms with E-state index in [1.54, 1.807) is 12.5 Å². The second-order valence-electron chi connectivity index (χ2n) is 4.68. The molecule has 0 fully saturated rings. The number of nitrogens with one attached hydrogen (secondary N) is 2. The van der Waals surface area contributed by atoms with Gasteiger partial charge in [-0.1, -0.05) is 23.7 Å². The maximum Gasteiger partial charge on any atom is 0.224 e. The number of nitrogens with zero attached hydrogens (tertiary/aromatic N) is 2. The molecule has 0 bridgehead atoms. The topological polar surface area (TPSA) is 63.0 Å². The van der Waals surface area contributed by atoms with Crippen LogP contribution < -0.4 is 10.6 Å². The molecule has 3 aromatic rings. The van der Waals surface area contributed by atoms with Crippen LogP contribution in [0.15, 0.2) is 59.3 Å². The van der Waals surface area contributed by atoms with Gasteiger partial charge in [-0.3, -0.25) is 0 Å². The first-order valence-corrected chi connectivity index (χ1v) is 7.25. The summed E-state index contributed by atoms with van der Waals surface area (Å²) in [4.78, 5) is 8.61. The summed E-state index contributed by atoms with van der Waals surface area (Å²) < 4.78 is 5.27. The van der Waals surface area contributed by atoms with Crippen molar-refractivity contribution in [3.8, 4) is 0 Å². The molecule has 0 saturated heterocycles. The van der Waals surface area contributed by atoms with Crippen molar-refractivity contribution in [2.24, 2.45) is 0 Å². The van der Waals surface area contributed by atoms with Crippen LogP contribution >= 0.6 is 11.6 Å². The second kappa shape index (κ2) is 6.95. The molecule has 0 radical (unpaired) electrons. The van der Waals surface area contributed by atoms with E-state index in [4.69, 9.17) is 16.0 Å². The van der Waals surface area contributed by atoms with E-state index >= 15 is 0 Å². The predicted molar refractivity (Wildman–Crippen MR) is 86.8 cm³/mol. The fourth-order valence-corrected chi connectivity index (χ4v) is 2.04. The molecule has 0 spiro atoms. The molecule has 5 nitrogen and oxygen atoms in total. The number of aromatic nitrogens is 2. The molecule has 0 saturated carbocycles. The third-order valence-electron chi connectivity index (χ3n) is 3.04. The second-order valence-corrected chi connectivity index (χ2v) is 5.11.